The normalized spacial score (nSPS) is 14.7. The first-order valence-electron chi connectivity index (χ1n) is 16.7. The van der Waals surface area contributed by atoms with E-state index in [1.807, 2.05) is 19.1 Å². The van der Waals surface area contributed by atoms with Gasteiger partial charge in [-0.2, -0.15) is 19.8 Å². The Labute approximate surface area is 428 Å². The van der Waals surface area contributed by atoms with Crippen LogP contribution >= 0.6 is 112 Å². The Bertz CT molecular complexity index is 1110. The zero-order valence-electron chi connectivity index (χ0n) is 33.7. The van der Waals surface area contributed by atoms with Crippen molar-refractivity contribution in [1.29, 1.82) is 0 Å². The van der Waals surface area contributed by atoms with Crippen LogP contribution in [0.5, 0.6) is 0 Å². The van der Waals surface area contributed by atoms with Gasteiger partial charge in [0.15, 0.2) is 0 Å². The maximum absolute atomic E-state index is 5.78. The van der Waals surface area contributed by atoms with Gasteiger partial charge in [-0.3, -0.25) is 0 Å². The van der Waals surface area contributed by atoms with Gasteiger partial charge in [-0.25, -0.2) is 30.1 Å². The molecule has 0 aromatic heterocycles. The molecule has 0 N–H and O–H groups in total. The topological polar surface area (TPSA) is 0 Å². The molecular weight excluding hydrogens is 1140 g/mol. The van der Waals surface area contributed by atoms with Crippen LogP contribution in [-0.2, 0) is 54.5 Å². The number of hydrogen-bond acceptors (Lipinski definition) is 0. The predicted molar refractivity (Wildman–Crippen MR) is 248 cm³/mol. The molecule has 2 saturated carbocycles. The van der Waals surface area contributed by atoms with Gasteiger partial charge in [0.2, 0.25) is 0 Å². The summed E-state index contributed by atoms with van der Waals surface area (Å²) in [6.07, 6.45) is 11.7. The molecule has 334 valence electrons. The molecule has 0 aliphatic heterocycles. The molecule has 56 heavy (non-hydrogen) atoms. The molecule has 2 atom stereocenters. The number of rotatable bonds is 0. The van der Waals surface area contributed by atoms with E-state index < -0.39 is 22.6 Å². The van der Waals surface area contributed by atoms with Crippen molar-refractivity contribution in [2.75, 3.05) is 0 Å². The SMILES string of the molecule is C1CCCC1.C[C-]1CC(C)CC(C)C1.Cc1ccc(Cl)c(C)c1.Cc1cccc(C)c1.Cc1cccc(C)c1.[CH3-].[Cl-].[Cl][Al]([Cl])[Cl].[Cl][Fe]([Cl])[Cl].[Cl][Fe][Cl].[Cl][Fe][Cl].[Fe+3]. The minimum atomic E-state index is -1.72. The average molecular weight is 1200 g/mol. The summed E-state index contributed by atoms with van der Waals surface area (Å²) in [7, 11) is 48.6. The van der Waals surface area contributed by atoms with Gasteiger partial charge in [0, 0.05) is 5.02 Å². The van der Waals surface area contributed by atoms with Crippen LogP contribution in [0.1, 0.15) is 106 Å². The van der Waals surface area contributed by atoms with Crippen LogP contribution in [0.4, 0.5) is 0 Å². The van der Waals surface area contributed by atoms with Crippen molar-refractivity contribution in [3.05, 3.63) is 118 Å². The summed E-state index contributed by atoms with van der Waals surface area (Å²) in [5.74, 6) is 3.61. The average Bonchev–Trinajstić information content (AvgIpc) is 3.60. The van der Waals surface area contributed by atoms with Crippen LogP contribution in [0.25, 0.3) is 0 Å². The van der Waals surface area contributed by atoms with Crippen molar-refractivity contribution < 1.29 is 66.9 Å². The molecule has 0 amide bonds. The first kappa shape index (κ1) is 74.1. The summed E-state index contributed by atoms with van der Waals surface area (Å²) < 4.78 is 0. The summed E-state index contributed by atoms with van der Waals surface area (Å²) in [5.41, 5.74) is 7.76. The molecule has 0 saturated heterocycles. The van der Waals surface area contributed by atoms with E-state index in [-0.39, 0.29) is 63.2 Å². The first-order valence-corrected chi connectivity index (χ1v) is 32.9. The van der Waals surface area contributed by atoms with Gasteiger partial charge in [-0.15, -0.1) is 0 Å². The second kappa shape index (κ2) is 53.1. The fraction of sp³-hybridized carbons (Fsp3) is 0.487. The van der Waals surface area contributed by atoms with Crippen LogP contribution < -0.4 is 12.4 Å². The minimum absolute atomic E-state index is 0. The molecule has 17 heteroatoms. The molecule has 2 unspecified atom stereocenters. The molecule has 2 aliphatic rings. The molecular formula is C39H59AlCl12Fe4. The Balaban J connectivity index is -0.0000000985. The number of aryl methyl sites for hydroxylation is 6. The fourth-order valence-electron chi connectivity index (χ4n) is 5.42. The molecule has 0 bridgehead atoms. The third-order valence-electron chi connectivity index (χ3n) is 7.11. The van der Waals surface area contributed by atoms with E-state index >= 15 is 0 Å². The number of benzene rings is 3. The smallest absolute Gasteiger partial charge is 3.00 e. The van der Waals surface area contributed by atoms with E-state index in [4.69, 9.17) is 112 Å². The van der Waals surface area contributed by atoms with Crippen LogP contribution in [-0.4, -0.2) is 11.4 Å². The summed E-state index contributed by atoms with van der Waals surface area (Å²) >= 11 is 3.11. The van der Waals surface area contributed by atoms with Crippen LogP contribution in [0, 0.1) is 66.7 Å². The molecule has 5 rings (SSSR count). The van der Waals surface area contributed by atoms with E-state index in [0.717, 1.165) is 22.4 Å². The fourth-order valence-corrected chi connectivity index (χ4v) is 5.54. The third-order valence-corrected chi connectivity index (χ3v) is 7.53. The third kappa shape index (κ3) is 64.4. The van der Waals surface area contributed by atoms with E-state index in [0.29, 0.717) is 0 Å². The molecule has 2 fully saturated rings. The van der Waals surface area contributed by atoms with Crippen molar-refractivity contribution in [3.63, 3.8) is 0 Å². The maximum atomic E-state index is 5.78. The van der Waals surface area contributed by atoms with E-state index in [2.05, 4.69) is 110 Å². The minimum Gasteiger partial charge on any atom is 3.00 e. The Morgan fingerprint density at radius 3 is 1.04 bits per heavy atom. The number of hydrogen-bond donors (Lipinski definition) is 0. The summed E-state index contributed by atoms with van der Waals surface area (Å²) in [6.45, 7) is 19.5. The Hall–Kier alpha value is 3.75. The van der Waals surface area contributed by atoms with Crippen LogP contribution in [0.2, 0.25) is 5.02 Å². The van der Waals surface area contributed by atoms with Gasteiger partial charge < -0.3 is 25.8 Å². The predicted octanol–water partition coefficient (Wildman–Crippen LogP) is 16.5. The maximum Gasteiger partial charge on any atom is 3.00 e. The van der Waals surface area contributed by atoms with E-state index in [1.54, 1.807) is 5.92 Å². The van der Waals surface area contributed by atoms with Crippen molar-refractivity contribution in [2.24, 2.45) is 11.8 Å². The van der Waals surface area contributed by atoms with Crippen molar-refractivity contribution >= 4 is 124 Å². The summed E-state index contributed by atoms with van der Waals surface area (Å²) in [4.78, 5) is 0. The van der Waals surface area contributed by atoms with Crippen molar-refractivity contribution in [1.82, 2.24) is 0 Å². The standard InChI is InChI=1S/C9H17.C8H9Cl.2C8H10.C5H10.CH3.Al.11ClH.4Fe/c1-7-4-8(2)6-9(3)5-7;1-6-3-4-8(9)7(2)5-6;2*1-7-4-3-5-8(2)6-7;1-2-4-5-3-1;;;;;;;;;;;;;;;;;/h7-8H,4-6H2,1-3H3;3-5H,1-2H3;2*3-6H,1-2H3;1-5H2;1H3;;11*1H;;;;/q-1;;;;;-1;+3;;;;;;;;;;;;2*+2;2*+3/p-11. The van der Waals surface area contributed by atoms with E-state index in [9.17, 15) is 0 Å². The second-order valence-electron chi connectivity index (χ2n) is 12.6. The van der Waals surface area contributed by atoms with Gasteiger partial charge in [0.05, 0.1) is 0 Å². The monoisotopic (exact) mass is 1200 g/mol. The van der Waals surface area contributed by atoms with E-state index in [1.165, 1.54) is 79.2 Å². The number of halogens is 12. The molecule has 0 nitrogen and oxygen atoms in total. The summed E-state index contributed by atoms with van der Waals surface area (Å²) in [6, 6.07) is 22.9. The molecule has 2 aliphatic carbocycles. The first-order chi connectivity index (χ1) is 24.7. The zero-order valence-corrected chi connectivity index (χ0v) is 48.3. The van der Waals surface area contributed by atoms with Crippen molar-refractivity contribution in [2.45, 2.75) is 114 Å². The van der Waals surface area contributed by atoms with Gasteiger partial charge in [-0.1, -0.05) is 164 Å². The van der Waals surface area contributed by atoms with Crippen molar-refractivity contribution in [3.8, 4) is 0 Å². The van der Waals surface area contributed by atoms with Gasteiger partial charge in [0.25, 0.3) is 0 Å². The van der Waals surface area contributed by atoms with Gasteiger partial charge in [0.1, 0.15) is 0 Å². The van der Waals surface area contributed by atoms with Crippen LogP contribution in [0.3, 0.4) is 0 Å². The largest absolute Gasteiger partial charge is 3.00 e. The molecule has 1 radical (unpaired) electrons. The Morgan fingerprint density at radius 2 is 0.857 bits per heavy atom. The molecule has 0 heterocycles. The molecule has 3 aromatic carbocycles. The Morgan fingerprint density at radius 1 is 0.607 bits per heavy atom. The zero-order chi connectivity index (χ0) is 41.8. The van der Waals surface area contributed by atoms with Crippen LogP contribution in [0.15, 0.2) is 66.7 Å². The summed E-state index contributed by atoms with van der Waals surface area (Å²) in [5, 5.41) is 0.848. The van der Waals surface area contributed by atoms with Gasteiger partial charge in [-0.05, 0) is 53.2 Å². The second-order valence-corrected chi connectivity index (χ2v) is 28.6. The molecule has 3 aromatic rings. The molecule has 0 spiro atoms. The van der Waals surface area contributed by atoms with Gasteiger partial charge >= 0.3 is 137 Å². The Kier molecular flexibility index (Phi) is 70.3. The quantitative estimate of drug-likeness (QED) is 0.155.